The molecular formula is C17H14F4N2O5S2. The minimum Gasteiger partial charge on any atom is -0.486 e. The first-order valence-electron chi connectivity index (χ1n) is 8.25. The molecule has 1 fully saturated rings. The van der Waals surface area contributed by atoms with Gasteiger partial charge in [0.2, 0.25) is 5.69 Å². The van der Waals surface area contributed by atoms with Crippen molar-refractivity contribution in [3.8, 4) is 5.75 Å². The summed E-state index contributed by atoms with van der Waals surface area (Å²) < 4.78 is 83.2. The highest BCUT2D eigenvalue weighted by Crippen LogP contribution is 2.38. The third kappa shape index (κ3) is 4.14. The number of rotatable bonds is 5. The van der Waals surface area contributed by atoms with Crippen molar-refractivity contribution in [3.63, 3.8) is 0 Å². The molecular weight excluding hydrogens is 452 g/mol. The van der Waals surface area contributed by atoms with Gasteiger partial charge in [-0.1, -0.05) is 0 Å². The molecule has 1 aromatic heterocycles. The van der Waals surface area contributed by atoms with Crippen molar-refractivity contribution in [1.29, 1.82) is 0 Å². The van der Waals surface area contributed by atoms with Crippen LogP contribution in [0.1, 0.15) is 4.88 Å². The number of aliphatic hydroxyl groups excluding tert-OH is 1. The summed E-state index contributed by atoms with van der Waals surface area (Å²) >= 11 is 0.0353. The summed E-state index contributed by atoms with van der Waals surface area (Å²) in [5.74, 6) is -1.01. The Morgan fingerprint density at radius 3 is 2.57 bits per heavy atom. The average Bonchev–Trinajstić information content (AvgIpc) is 3.29. The van der Waals surface area contributed by atoms with Gasteiger partial charge in [-0.05, 0) is 24.3 Å². The van der Waals surface area contributed by atoms with Crippen LogP contribution in [0.15, 0.2) is 34.5 Å². The van der Waals surface area contributed by atoms with Crippen molar-refractivity contribution in [2.75, 3.05) is 19.7 Å². The van der Waals surface area contributed by atoms with Crippen molar-refractivity contribution in [2.45, 2.75) is 22.1 Å². The van der Waals surface area contributed by atoms with Crippen LogP contribution in [-0.2, 0) is 16.2 Å². The first kappa shape index (κ1) is 22.4. The molecule has 0 radical (unpaired) electrons. The Labute approximate surface area is 172 Å². The van der Waals surface area contributed by atoms with Crippen LogP contribution in [0.4, 0.5) is 23.2 Å². The third-order valence-corrected chi connectivity index (χ3v) is 7.87. The minimum absolute atomic E-state index is 0.0353. The number of sulfonamides is 1. The van der Waals surface area contributed by atoms with Crippen LogP contribution in [0.2, 0.25) is 0 Å². The average molecular weight is 466 g/mol. The second kappa shape index (κ2) is 7.78. The number of hydrogen-bond acceptors (Lipinski definition) is 6. The summed E-state index contributed by atoms with van der Waals surface area (Å²) in [4.78, 5) is 1.85. The second-order valence-electron chi connectivity index (χ2n) is 6.51. The third-order valence-electron chi connectivity index (χ3n) is 4.47. The Bertz CT molecular complexity index is 1100. The molecule has 1 aliphatic rings. The fraction of sp³-hybridized carbons (Fsp3) is 0.353. The second-order valence-corrected chi connectivity index (χ2v) is 9.76. The topological polar surface area (TPSA) is 91.4 Å². The Morgan fingerprint density at radius 2 is 2.03 bits per heavy atom. The van der Waals surface area contributed by atoms with Gasteiger partial charge in [0.15, 0.2) is 0 Å². The van der Waals surface area contributed by atoms with Gasteiger partial charge in [0.25, 0.3) is 10.0 Å². The van der Waals surface area contributed by atoms with Gasteiger partial charge in [0, 0.05) is 12.6 Å². The van der Waals surface area contributed by atoms with Gasteiger partial charge in [-0.2, -0.15) is 17.5 Å². The van der Waals surface area contributed by atoms with Crippen molar-refractivity contribution >= 4 is 27.0 Å². The van der Waals surface area contributed by atoms with E-state index < -0.39 is 62.5 Å². The lowest BCUT2D eigenvalue weighted by Gasteiger charge is -2.27. The predicted molar refractivity (Wildman–Crippen MR) is 97.2 cm³/mol. The van der Waals surface area contributed by atoms with E-state index in [0.717, 1.165) is 18.2 Å². The minimum atomic E-state index is -4.71. The van der Waals surface area contributed by atoms with E-state index in [1.165, 1.54) is 6.07 Å². The van der Waals surface area contributed by atoms with Crippen LogP contribution in [0.5, 0.6) is 5.75 Å². The summed E-state index contributed by atoms with van der Waals surface area (Å²) in [6.07, 6.45) is -6.04. The summed E-state index contributed by atoms with van der Waals surface area (Å²) in [7, 11) is -4.42. The number of alkyl halides is 3. The lowest BCUT2D eigenvalue weighted by Crippen LogP contribution is -2.48. The summed E-state index contributed by atoms with van der Waals surface area (Å²) in [5, 5.41) is 20.2. The largest absolute Gasteiger partial charge is 0.486 e. The molecule has 1 saturated heterocycles. The molecule has 0 spiro atoms. The number of β-amino-alcohol motifs (C(OH)–C–C–N with tert-alkyl or cyclic N) is 1. The monoisotopic (exact) mass is 466 g/mol. The standard InChI is InChI=1S/C17H14F4N2O5S2/c1-22-12-3-2-10(6-11(12)18)28-13-7-23(8-16(13,25)9-24)30(26,27)15-5-4-14(29-15)17(19,20)21/h2-6,13,24-25H,7-9H2/t13-,16+/m0/s1. The van der Waals surface area contributed by atoms with E-state index in [-0.39, 0.29) is 22.8 Å². The van der Waals surface area contributed by atoms with E-state index in [0.29, 0.717) is 10.4 Å². The molecule has 30 heavy (non-hydrogen) atoms. The highest BCUT2D eigenvalue weighted by Gasteiger charge is 2.51. The first-order chi connectivity index (χ1) is 13.9. The van der Waals surface area contributed by atoms with Gasteiger partial charge >= 0.3 is 6.18 Å². The lowest BCUT2D eigenvalue weighted by atomic mass is 10.0. The molecule has 0 bridgehead atoms. The molecule has 0 amide bonds. The molecule has 162 valence electrons. The van der Waals surface area contributed by atoms with E-state index in [1.807, 2.05) is 0 Å². The Hall–Kier alpha value is -2.24. The Balaban J connectivity index is 1.86. The molecule has 1 aliphatic heterocycles. The molecule has 3 rings (SSSR count). The first-order valence-corrected chi connectivity index (χ1v) is 10.5. The fourth-order valence-corrected chi connectivity index (χ4v) is 5.69. The zero-order valence-electron chi connectivity index (χ0n) is 14.9. The number of hydrogen-bond donors (Lipinski definition) is 2. The van der Waals surface area contributed by atoms with Gasteiger partial charge in [-0.25, -0.2) is 17.7 Å². The zero-order valence-corrected chi connectivity index (χ0v) is 16.6. The van der Waals surface area contributed by atoms with E-state index in [1.54, 1.807) is 0 Å². The van der Waals surface area contributed by atoms with Gasteiger partial charge in [0.05, 0.1) is 19.7 Å². The maximum Gasteiger partial charge on any atom is 0.425 e. The van der Waals surface area contributed by atoms with E-state index in [2.05, 4.69) is 4.85 Å². The highest BCUT2D eigenvalue weighted by molar-refractivity contribution is 7.91. The van der Waals surface area contributed by atoms with E-state index in [4.69, 9.17) is 11.3 Å². The van der Waals surface area contributed by atoms with Crippen LogP contribution < -0.4 is 4.74 Å². The SMILES string of the molecule is [C-]#[N+]c1ccc(O[C@H]2CN(S(=O)(=O)c3ccc(C(F)(F)F)s3)C[C@@]2(O)CO)cc1F. The molecule has 2 N–H and O–H groups in total. The highest BCUT2D eigenvalue weighted by atomic mass is 32.2. The number of ether oxygens (including phenoxy) is 1. The summed E-state index contributed by atoms with van der Waals surface area (Å²) in [6, 6.07) is 4.69. The predicted octanol–water partition coefficient (Wildman–Crippen LogP) is 2.63. The maximum atomic E-state index is 13.8. The quantitative estimate of drug-likeness (QED) is 0.522. The number of aliphatic hydroxyl groups is 2. The zero-order chi connectivity index (χ0) is 22.3. The van der Waals surface area contributed by atoms with Crippen LogP contribution in [0, 0.1) is 12.4 Å². The van der Waals surface area contributed by atoms with Gasteiger partial charge in [0.1, 0.15) is 32.4 Å². The van der Waals surface area contributed by atoms with Crippen LogP contribution in [0.25, 0.3) is 4.85 Å². The van der Waals surface area contributed by atoms with Crippen molar-refractivity contribution in [3.05, 3.63) is 52.4 Å². The lowest BCUT2D eigenvalue weighted by molar-refractivity contribution is -0.134. The normalized spacial score (nSPS) is 22.8. The number of thiophene rings is 1. The number of halogens is 4. The Morgan fingerprint density at radius 1 is 1.33 bits per heavy atom. The Kier molecular flexibility index (Phi) is 5.82. The molecule has 7 nitrogen and oxygen atoms in total. The van der Waals surface area contributed by atoms with Gasteiger partial charge in [-0.15, -0.1) is 11.3 Å². The van der Waals surface area contributed by atoms with Gasteiger partial charge < -0.3 is 14.9 Å². The van der Waals surface area contributed by atoms with Crippen molar-refractivity contribution in [1.82, 2.24) is 4.31 Å². The van der Waals surface area contributed by atoms with Crippen molar-refractivity contribution < 1.29 is 40.9 Å². The number of nitrogens with zero attached hydrogens (tertiary/aromatic N) is 2. The molecule has 0 aliphatic carbocycles. The van der Waals surface area contributed by atoms with E-state index >= 15 is 0 Å². The molecule has 0 unspecified atom stereocenters. The summed E-state index contributed by atoms with van der Waals surface area (Å²) in [6.45, 7) is 4.77. The van der Waals surface area contributed by atoms with Gasteiger partial charge in [-0.3, -0.25) is 0 Å². The van der Waals surface area contributed by atoms with Crippen LogP contribution in [-0.4, -0.2) is 54.3 Å². The smallest absolute Gasteiger partial charge is 0.425 e. The fourth-order valence-electron chi connectivity index (χ4n) is 2.86. The van der Waals surface area contributed by atoms with Crippen molar-refractivity contribution in [2.24, 2.45) is 0 Å². The molecule has 2 atom stereocenters. The summed E-state index contributed by atoms with van der Waals surface area (Å²) in [5.41, 5.74) is -2.35. The molecule has 2 heterocycles. The van der Waals surface area contributed by atoms with E-state index in [9.17, 15) is 36.2 Å². The number of benzene rings is 1. The molecule has 13 heteroatoms. The maximum absolute atomic E-state index is 13.8. The molecule has 0 saturated carbocycles. The van der Waals surface area contributed by atoms with Crippen LogP contribution in [0.3, 0.4) is 0 Å². The molecule has 1 aromatic carbocycles. The molecule has 2 aromatic rings. The van der Waals surface area contributed by atoms with Crippen LogP contribution >= 0.6 is 11.3 Å².